The Morgan fingerprint density at radius 1 is 0.359 bits per heavy atom. The van der Waals surface area contributed by atoms with Gasteiger partial charge in [0, 0.05) is 0 Å². The Bertz CT molecular complexity index is 1530. The lowest BCUT2D eigenvalue weighted by atomic mass is 9.67. The van der Waals surface area contributed by atoms with Gasteiger partial charge in [-0.15, -0.1) is 0 Å². The molecule has 1 aliphatic carbocycles. The first-order chi connectivity index (χ1) is 18.6. The van der Waals surface area contributed by atoms with Gasteiger partial charge in [0.15, 0.2) is 0 Å². The first-order valence-corrected chi connectivity index (χ1v) is 14.0. The molecule has 0 bridgehead atoms. The van der Waals surface area contributed by atoms with Crippen LogP contribution in [0.15, 0.2) is 97.1 Å². The molecule has 0 fully saturated rings. The second kappa shape index (κ2) is 10.3. The molecule has 5 aromatic carbocycles. The van der Waals surface area contributed by atoms with Crippen LogP contribution in [0.1, 0.15) is 66.8 Å². The summed E-state index contributed by atoms with van der Waals surface area (Å²) in [6, 6.07) is 36.5. The second-order valence-corrected chi connectivity index (χ2v) is 11.6. The monoisotopic (exact) mass is 508 g/mol. The minimum Gasteiger partial charge on any atom is -0.0617 e. The fraction of sp³-hybridized carbons (Fsp3) is 0.231. The van der Waals surface area contributed by atoms with E-state index in [0.29, 0.717) is 0 Å². The van der Waals surface area contributed by atoms with Crippen molar-refractivity contribution in [1.82, 2.24) is 0 Å². The molecular weight excluding hydrogens is 468 g/mol. The molecule has 0 amide bonds. The molecule has 0 radical (unpaired) electrons. The molecule has 196 valence electrons. The van der Waals surface area contributed by atoms with E-state index in [2.05, 4.69) is 152 Å². The molecule has 0 spiro atoms. The molecule has 0 heteroatoms. The number of aryl methyl sites for hydroxylation is 8. The standard InChI is InChI=1S/C29H26.C10H14/c1-19-7-5-9-23(15-19)29(24-10-6-8-20(2)16-24)27-17-21(3)11-13-25(27)26-14-12-22(4)18-28(26)29;1-7-5-9(3)10(4)6-8(7)2/h5-18H,1-4H3;5-6H,1-4H3. The van der Waals surface area contributed by atoms with Gasteiger partial charge in [-0.1, -0.05) is 119 Å². The molecule has 6 rings (SSSR count). The molecule has 1 aliphatic rings. The molecule has 0 N–H and O–H groups in total. The molecule has 0 unspecified atom stereocenters. The van der Waals surface area contributed by atoms with E-state index in [-0.39, 0.29) is 5.41 Å². The van der Waals surface area contributed by atoms with Crippen LogP contribution < -0.4 is 0 Å². The highest BCUT2D eigenvalue weighted by Gasteiger charge is 2.46. The van der Waals surface area contributed by atoms with Crippen molar-refractivity contribution < 1.29 is 0 Å². The quantitative estimate of drug-likeness (QED) is 0.218. The van der Waals surface area contributed by atoms with Crippen LogP contribution in [0.4, 0.5) is 0 Å². The van der Waals surface area contributed by atoms with E-state index < -0.39 is 0 Å². The molecule has 0 heterocycles. The highest BCUT2D eigenvalue weighted by atomic mass is 14.5. The van der Waals surface area contributed by atoms with E-state index in [1.807, 2.05) is 0 Å². The molecule has 0 saturated heterocycles. The second-order valence-electron chi connectivity index (χ2n) is 11.6. The van der Waals surface area contributed by atoms with Gasteiger partial charge in [-0.25, -0.2) is 0 Å². The minimum atomic E-state index is -0.291. The predicted molar refractivity (Wildman–Crippen MR) is 168 cm³/mol. The number of rotatable bonds is 2. The maximum atomic E-state index is 2.40. The molecular formula is C39H40. The van der Waals surface area contributed by atoms with Crippen LogP contribution in [0.5, 0.6) is 0 Å². The fourth-order valence-corrected chi connectivity index (χ4v) is 6.20. The van der Waals surface area contributed by atoms with Crippen molar-refractivity contribution in [3.05, 3.63) is 164 Å². The SMILES string of the molecule is Cc1cc(C)c(C)cc1C.Cc1cccc(C2(c3cccc(C)c3)c3cc(C)ccc3-c3ccc(C)cc32)c1. The van der Waals surface area contributed by atoms with E-state index in [1.54, 1.807) is 0 Å². The number of benzene rings is 5. The van der Waals surface area contributed by atoms with Gasteiger partial charge in [-0.3, -0.25) is 0 Å². The van der Waals surface area contributed by atoms with Crippen LogP contribution in [0.25, 0.3) is 11.1 Å². The molecule has 39 heavy (non-hydrogen) atoms. The zero-order valence-corrected chi connectivity index (χ0v) is 24.7. The largest absolute Gasteiger partial charge is 0.0713 e. The van der Waals surface area contributed by atoms with E-state index >= 15 is 0 Å². The van der Waals surface area contributed by atoms with Crippen molar-refractivity contribution in [1.29, 1.82) is 0 Å². The highest BCUT2D eigenvalue weighted by Crippen LogP contribution is 2.56. The summed E-state index contributed by atoms with van der Waals surface area (Å²) in [5.74, 6) is 0. The van der Waals surface area contributed by atoms with Gasteiger partial charge < -0.3 is 0 Å². The third-order valence-corrected chi connectivity index (χ3v) is 8.46. The van der Waals surface area contributed by atoms with Gasteiger partial charge in [0.1, 0.15) is 0 Å². The van der Waals surface area contributed by atoms with Crippen LogP contribution in [0.3, 0.4) is 0 Å². The Balaban J connectivity index is 0.000000261. The predicted octanol–water partition coefficient (Wildman–Crippen LogP) is 10.2. The summed E-state index contributed by atoms with van der Waals surface area (Å²) in [5.41, 5.74) is 18.7. The summed E-state index contributed by atoms with van der Waals surface area (Å²) in [4.78, 5) is 0. The Morgan fingerprint density at radius 3 is 1.08 bits per heavy atom. The van der Waals surface area contributed by atoms with Gasteiger partial charge >= 0.3 is 0 Å². The van der Waals surface area contributed by atoms with Crippen LogP contribution in [0, 0.1) is 55.4 Å². The molecule has 0 saturated carbocycles. The summed E-state index contributed by atoms with van der Waals surface area (Å²) < 4.78 is 0. The third-order valence-electron chi connectivity index (χ3n) is 8.46. The van der Waals surface area contributed by atoms with Crippen molar-refractivity contribution >= 4 is 0 Å². The van der Waals surface area contributed by atoms with Crippen LogP contribution in [-0.2, 0) is 5.41 Å². The van der Waals surface area contributed by atoms with Gasteiger partial charge in [0.05, 0.1) is 5.41 Å². The zero-order chi connectivity index (χ0) is 27.9. The maximum Gasteiger partial charge on any atom is 0.0713 e. The summed E-state index contributed by atoms with van der Waals surface area (Å²) in [6.07, 6.45) is 0. The van der Waals surface area contributed by atoms with Crippen molar-refractivity contribution in [2.45, 2.75) is 60.8 Å². The van der Waals surface area contributed by atoms with E-state index in [0.717, 1.165) is 0 Å². The lowest BCUT2D eigenvalue weighted by Crippen LogP contribution is -2.29. The molecule has 0 atom stereocenters. The van der Waals surface area contributed by atoms with Crippen LogP contribution >= 0.6 is 0 Å². The van der Waals surface area contributed by atoms with E-state index in [4.69, 9.17) is 0 Å². The van der Waals surface area contributed by atoms with Crippen molar-refractivity contribution in [3.8, 4) is 11.1 Å². The third kappa shape index (κ3) is 4.74. The Labute approximate surface area is 235 Å². The van der Waals surface area contributed by atoms with E-state index in [1.165, 1.54) is 77.9 Å². The molecule has 0 aliphatic heterocycles. The van der Waals surface area contributed by atoms with Crippen molar-refractivity contribution in [2.75, 3.05) is 0 Å². The average molecular weight is 509 g/mol. The summed E-state index contributed by atoms with van der Waals surface area (Å²) in [6.45, 7) is 17.4. The lowest BCUT2D eigenvalue weighted by Gasteiger charge is -2.34. The smallest absolute Gasteiger partial charge is 0.0617 e. The summed E-state index contributed by atoms with van der Waals surface area (Å²) in [7, 11) is 0. The lowest BCUT2D eigenvalue weighted by molar-refractivity contribution is 0.764. The maximum absolute atomic E-state index is 2.40. The number of hydrogen-bond donors (Lipinski definition) is 0. The first-order valence-electron chi connectivity index (χ1n) is 14.0. The van der Waals surface area contributed by atoms with Crippen molar-refractivity contribution in [2.24, 2.45) is 0 Å². The first kappa shape index (κ1) is 26.7. The number of fused-ring (bicyclic) bond motifs is 3. The van der Waals surface area contributed by atoms with Gasteiger partial charge in [0.25, 0.3) is 0 Å². The van der Waals surface area contributed by atoms with Gasteiger partial charge in [-0.2, -0.15) is 0 Å². The Hall–Kier alpha value is -3.90. The normalized spacial score (nSPS) is 12.8. The molecule has 0 aromatic heterocycles. The summed E-state index contributed by atoms with van der Waals surface area (Å²) in [5, 5.41) is 0. The van der Waals surface area contributed by atoms with Crippen molar-refractivity contribution in [3.63, 3.8) is 0 Å². The van der Waals surface area contributed by atoms with Gasteiger partial charge in [0.2, 0.25) is 0 Å². The van der Waals surface area contributed by atoms with E-state index in [9.17, 15) is 0 Å². The average Bonchev–Trinajstić information content (AvgIpc) is 3.17. The Morgan fingerprint density at radius 2 is 0.718 bits per heavy atom. The highest BCUT2D eigenvalue weighted by molar-refractivity contribution is 5.86. The van der Waals surface area contributed by atoms with Crippen LogP contribution in [-0.4, -0.2) is 0 Å². The topological polar surface area (TPSA) is 0 Å². The summed E-state index contributed by atoms with van der Waals surface area (Å²) >= 11 is 0. The van der Waals surface area contributed by atoms with Gasteiger partial charge in [-0.05, 0) is 111 Å². The molecule has 0 nitrogen and oxygen atoms in total. The minimum absolute atomic E-state index is 0.291. The zero-order valence-electron chi connectivity index (χ0n) is 24.7. The molecule has 5 aromatic rings. The van der Waals surface area contributed by atoms with Crippen LogP contribution in [0.2, 0.25) is 0 Å². The Kier molecular flexibility index (Phi) is 7.08. The number of hydrogen-bond acceptors (Lipinski definition) is 0. The fourth-order valence-electron chi connectivity index (χ4n) is 6.20.